The summed E-state index contributed by atoms with van der Waals surface area (Å²) in [7, 11) is 0. The van der Waals surface area contributed by atoms with Gasteiger partial charge in [0.05, 0.1) is 5.69 Å². The predicted octanol–water partition coefficient (Wildman–Crippen LogP) is 0.371. The van der Waals surface area contributed by atoms with Crippen molar-refractivity contribution in [2.75, 3.05) is 12.3 Å². The number of anilines is 1. The Kier molecular flexibility index (Phi) is 0.953. The maximum atomic E-state index is 7.61. The Morgan fingerprint density at radius 3 is 3.50 bits per heavy atom. The number of hydrogen-bond donors (Lipinski definition) is 2. The van der Waals surface area contributed by atoms with Gasteiger partial charge in [0, 0.05) is 27.1 Å². The van der Waals surface area contributed by atoms with Crippen LogP contribution >= 0.6 is 11.3 Å². The average Bonchev–Trinajstić information content (AvgIpc) is 2.30. The van der Waals surface area contributed by atoms with Crippen LogP contribution in [0.3, 0.4) is 0 Å². The molecule has 10 heavy (non-hydrogen) atoms. The monoisotopic (exact) mass is 157 g/mol. The van der Waals surface area contributed by atoms with E-state index in [0.29, 0.717) is 23.9 Å². The van der Waals surface area contributed by atoms with Gasteiger partial charge in [-0.25, -0.2) is 4.98 Å². The summed E-state index contributed by atoms with van der Waals surface area (Å²) in [5.74, 6) is 0. The van der Waals surface area contributed by atoms with E-state index < -0.39 is 6.37 Å². The van der Waals surface area contributed by atoms with Crippen molar-refractivity contribution in [1.29, 1.82) is 0 Å². The molecule has 0 atom stereocenters. The van der Waals surface area contributed by atoms with Crippen molar-refractivity contribution < 1.29 is 2.74 Å². The highest BCUT2D eigenvalue weighted by Gasteiger charge is 2.12. The first-order valence-corrected chi connectivity index (χ1v) is 3.87. The quantitative estimate of drug-likeness (QED) is 0.572. The first-order chi connectivity index (χ1) is 5.59. The van der Waals surface area contributed by atoms with E-state index in [4.69, 9.17) is 8.48 Å². The summed E-state index contributed by atoms with van der Waals surface area (Å²) < 4.78 is 15.2. The number of thiazole rings is 1. The summed E-state index contributed by atoms with van der Waals surface area (Å²) in [5.41, 5.74) is 6.01. The lowest BCUT2D eigenvalue weighted by molar-refractivity contribution is 0.644. The lowest BCUT2D eigenvalue weighted by atomic mass is 10.2. The molecule has 0 amide bonds. The zero-order chi connectivity index (χ0) is 8.77. The molecule has 0 fully saturated rings. The molecule has 0 radical (unpaired) electrons. The summed E-state index contributed by atoms with van der Waals surface area (Å²) >= 11 is 1.36. The number of hydrogen-bond acceptors (Lipinski definition) is 4. The molecule has 3 N–H and O–H groups in total. The number of rotatable bonds is 0. The summed E-state index contributed by atoms with van der Waals surface area (Å²) in [4.78, 5) is 4.91. The van der Waals surface area contributed by atoms with Gasteiger partial charge in [-0.1, -0.05) is 0 Å². The fraction of sp³-hybridized carbons (Fsp3) is 0.500. The van der Waals surface area contributed by atoms with Gasteiger partial charge in [-0.05, 0) is 0 Å². The molecule has 0 saturated heterocycles. The Labute approximate surface area is 66.1 Å². The third-order valence-corrected chi connectivity index (χ3v) is 2.26. The largest absolute Gasteiger partial charge is 0.375 e. The number of aromatic nitrogens is 1. The van der Waals surface area contributed by atoms with E-state index in [1.165, 1.54) is 11.3 Å². The van der Waals surface area contributed by atoms with Crippen LogP contribution in [0.4, 0.5) is 5.13 Å². The van der Waals surface area contributed by atoms with Gasteiger partial charge in [0.25, 0.3) is 0 Å². The van der Waals surface area contributed by atoms with E-state index in [1.54, 1.807) is 0 Å². The highest BCUT2D eigenvalue weighted by molar-refractivity contribution is 7.15. The van der Waals surface area contributed by atoms with E-state index in [2.05, 4.69) is 10.3 Å². The van der Waals surface area contributed by atoms with Crippen molar-refractivity contribution in [1.82, 2.24) is 10.3 Å². The molecule has 2 rings (SSSR count). The average molecular weight is 157 g/mol. The van der Waals surface area contributed by atoms with Gasteiger partial charge in [0.15, 0.2) is 5.13 Å². The number of nitrogen functional groups attached to an aromatic ring is 1. The van der Waals surface area contributed by atoms with Gasteiger partial charge < -0.3 is 11.1 Å². The molecule has 0 unspecified atom stereocenters. The van der Waals surface area contributed by atoms with Crippen LogP contribution < -0.4 is 11.1 Å². The van der Waals surface area contributed by atoms with Crippen molar-refractivity contribution in [2.45, 2.75) is 12.9 Å². The van der Waals surface area contributed by atoms with Crippen LogP contribution in [0.5, 0.6) is 0 Å². The molecule has 0 aromatic carbocycles. The smallest absolute Gasteiger partial charge is 0.180 e. The van der Waals surface area contributed by atoms with Gasteiger partial charge in [0.1, 0.15) is 0 Å². The Bertz CT molecular complexity index is 310. The lowest BCUT2D eigenvalue weighted by Crippen LogP contribution is -2.22. The number of nitrogens with two attached hydrogens (primary N) is 1. The molecule has 1 aliphatic heterocycles. The first-order valence-electron chi connectivity index (χ1n) is 4.06. The van der Waals surface area contributed by atoms with Crippen molar-refractivity contribution >= 4 is 16.5 Å². The van der Waals surface area contributed by atoms with E-state index >= 15 is 0 Å². The normalized spacial score (nSPS) is 24.8. The van der Waals surface area contributed by atoms with Crippen LogP contribution in [-0.4, -0.2) is 11.5 Å². The molecule has 3 nitrogen and oxygen atoms in total. The van der Waals surface area contributed by atoms with Crippen molar-refractivity contribution in [3.63, 3.8) is 0 Å². The Morgan fingerprint density at radius 1 is 1.80 bits per heavy atom. The van der Waals surface area contributed by atoms with E-state index in [0.717, 1.165) is 4.88 Å². The summed E-state index contributed by atoms with van der Waals surface area (Å²) in [5, 5.41) is 3.44. The van der Waals surface area contributed by atoms with Gasteiger partial charge >= 0.3 is 0 Å². The van der Waals surface area contributed by atoms with E-state index in [1.807, 2.05) is 0 Å². The van der Waals surface area contributed by atoms with Crippen molar-refractivity contribution in [2.24, 2.45) is 0 Å². The van der Waals surface area contributed by atoms with Gasteiger partial charge in [-0.2, -0.15) is 0 Å². The summed E-state index contributed by atoms with van der Waals surface area (Å²) in [6.07, 6.45) is -1.36. The molecular formula is C6H9N3S. The van der Waals surface area contributed by atoms with Gasteiger partial charge in [0.2, 0.25) is 0 Å². The molecule has 1 aromatic rings. The zero-order valence-corrected chi connectivity index (χ0v) is 6.16. The molecule has 1 aromatic heterocycles. The SMILES string of the molecule is [2H]C1([2H])CNCc2sc(N)nc21. The predicted molar refractivity (Wildman–Crippen MR) is 41.9 cm³/mol. The first kappa shape index (κ1) is 4.31. The molecule has 1 aliphatic rings. The molecule has 0 spiro atoms. The third-order valence-electron chi connectivity index (χ3n) is 1.38. The van der Waals surface area contributed by atoms with Crippen LogP contribution in [0.25, 0.3) is 0 Å². The maximum Gasteiger partial charge on any atom is 0.180 e. The maximum absolute atomic E-state index is 7.61. The molecule has 54 valence electrons. The Morgan fingerprint density at radius 2 is 2.70 bits per heavy atom. The second-order valence-corrected chi connectivity index (χ2v) is 3.22. The molecular weight excluding hydrogens is 146 g/mol. The molecule has 0 saturated carbocycles. The van der Waals surface area contributed by atoms with Gasteiger partial charge in [-0.15, -0.1) is 11.3 Å². The van der Waals surface area contributed by atoms with E-state index in [-0.39, 0.29) is 0 Å². The van der Waals surface area contributed by atoms with Crippen molar-refractivity contribution in [3.8, 4) is 0 Å². The van der Waals surface area contributed by atoms with Crippen LogP contribution in [0.15, 0.2) is 0 Å². The minimum Gasteiger partial charge on any atom is -0.375 e. The number of nitrogens with one attached hydrogen (secondary N) is 1. The minimum atomic E-state index is -1.36. The number of nitrogens with zero attached hydrogens (tertiary/aromatic N) is 1. The second kappa shape index (κ2) is 2.21. The van der Waals surface area contributed by atoms with E-state index in [9.17, 15) is 0 Å². The molecule has 4 heteroatoms. The second-order valence-electron chi connectivity index (χ2n) is 2.10. The van der Waals surface area contributed by atoms with Crippen LogP contribution in [0.1, 0.15) is 13.3 Å². The zero-order valence-electron chi connectivity index (χ0n) is 7.35. The van der Waals surface area contributed by atoms with Crippen molar-refractivity contribution in [3.05, 3.63) is 10.6 Å². The van der Waals surface area contributed by atoms with Gasteiger partial charge in [-0.3, -0.25) is 0 Å². The Hall–Kier alpha value is -0.610. The van der Waals surface area contributed by atoms with Crippen LogP contribution in [0.2, 0.25) is 0 Å². The third kappa shape index (κ3) is 0.892. The fourth-order valence-corrected chi connectivity index (χ4v) is 1.73. The Balaban J connectivity index is 2.51. The van der Waals surface area contributed by atoms with Crippen LogP contribution in [0, 0.1) is 0 Å². The highest BCUT2D eigenvalue weighted by Crippen LogP contribution is 2.22. The topological polar surface area (TPSA) is 50.9 Å². The molecule has 0 bridgehead atoms. The lowest BCUT2D eigenvalue weighted by Gasteiger charge is -2.09. The minimum absolute atomic E-state index is 0.323. The molecule has 2 heterocycles. The summed E-state index contributed by atoms with van der Waals surface area (Å²) in [6, 6.07) is 0. The highest BCUT2D eigenvalue weighted by atomic mass is 32.1. The standard InChI is InChI=1S/C6H9N3S/c7-6-9-4-1-2-8-3-5(4)10-6/h8H,1-3H2,(H2,7,9)/i1D2. The number of fused-ring (bicyclic) bond motifs is 1. The summed E-state index contributed by atoms with van der Waals surface area (Å²) in [6.45, 7) is 1.01. The fourth-order valence-electron chi connectivity index (χ4n) is 0.950. The van der Waals surface area contributed by atoms with Crippen LogP contribution in [-0.2, 0) is 12.9 Å². The molecule has 0 aliphatic carbocycles.